The highest BCUT2D eigenvalue weighted by atomic mass is 15.1. The van der Waals surface area contributed by atoms with Crippen molar-refractivity contribution in [2.75, 3.05) is 11.4 Å². The average molecular weight is 224 g/mol. The molecular weight excluding hydrogens is 208 g/mol. The van der Waals surface area contributed by atoms with Crippen molar-refractivity contribution in [1.29, 1.82) is 0 Å². The molecule has 0 fully saturated rings. The Kier molecular flexibility index (Phi) is 2.78. The highest BCUT2D eigenvalue weighted by Gasteiger charge is 2.16. The van der Waals surface area contributed by atoms with Gasteiger partial charge in [0, 0.05) is 31.2 Å². The van der Waals surface area contributed by atoms with Crippen molar-refractivity contribution in [2.45, 2.75) is 19.4 Å². The van der Waals surface area contributed by atoms with Gasteiger partial charge in [0.2, 0.25) is 0 Å². The van der Waals surface area contributed by atoms with Crippen LogP contribution in [0.4, 0.5) is 5.69 Å². The predicted octanol–water partition coefficient (Wildman–Crippen LogP) is 3.03. The van der Waals surface area contributed by atoms with E-state index in [1.165, 1.54) is 23.2 Å². The van der Waals surface area contributed by atoms with E-state index in [2.05, 4.69) is 46.3 Å². The normalized spacial score (nSPS) is 14.5. The number of anilines is 1. The van der Waals surface area contributed by atoms with Gasteiger partial charge in [0.05, 0.1) is 0 Å². The number of rotatable bonds is 2. The lowest BCUT2D eigenvalue weighted by atomic mass is 10.0. The summed E-state index contributed by atoms with van der Waals surface area (Å²) in [4.78, 5) is 6.67. The maximum Gasteiger partial charge on any atom is 0.0432 e. The van der Waals surface area contributed by atoms with Crippen LogP contribution in [0, 0.1) is 0 Å². The Morgan fingerprint density at radius 3 is 2.88 bits per heavy atom. The fraction of sp³-hybridized carbons (Fsp3) is 0.267. The fourth-order valence-electron chi connectivity index (χ4n) is 2.47. The summed E-state index contributed by atoms with van der Waals surface area (Å²) in [5, 5.41) is 0. The summed E-state index contributed by atoms with van der Waals surface area (Å²) >= 11 is 0. The average Bonchev–Trinajstić information content (AvgIpc) is 2.40. The first-order valence-electron chi connectivity index (χ1n) is 6.15. The minimum atomic E-state index is 0.998. The molecule has 2 heterocycles. The molecule has 0 N–H and O–H groups in total. The van der Waals surface area contributed by atoms with Crippen LogP contribution in [-0.2, 0) is 13.0 Å². The quantitative estimate of drug-likeness (QED) is 0.779. The second-order valence-electron chi connectivity index (χ2n) is 4.52. The minimum absolute atomic E-state index is 0.998. The molecule has 0 saturated heterocycles. The third-order valence-electron chi connectivity index (χ3n) is 3.31. The molecule has 2 heteroatoms. The first-order valence-corrected chi connectivity index (χ1v) is 6.15. The minimum Gasteiger partial charge on any atom is -0.367 e. The summed E-state index contributed by atoms with van der Waals surface area (Å²) in [6.45, 7) is 2.14. The van der Waals surface area contributed by atoms with E-state index in [9.17, 15) is 0 Å². The number of hydrogen-bond donors (Lipinski definition) is 0. The standard InChI is InChI=1S/C15H16N2/c1-2-5-13(6-3-1)12-17-10-4-7-14-11-16-9-8-15(14)17/h1-3,5-6,8-9,11H,4,7,10,12H2. The third-order valence-corrected chi connectivity index (χ3v) is 3.31. The van der Waals surface area contributed by atoms with Gasteiger partial charge < -0.3 is 4.90 Å². The SMILES string of the molecule is c1ccc(CN2CCCc3cnccc32)cc1. The van der Waals surface area contributed by atoms with Crippen LogP contribution in [0.5, 0.6) is 0 Å². The zero-order valence-electron chi connectivity index (χ0n) is 9.84. The molecule has 0 saturated carbocycles. The largest absolute Gasteiger partial charge is 0.367 e. The second kappa shape index (κ2) is 4.58. The molecule has 1 aliphatic rings. The molecule has 0 spiro atoms. The first-order chi connectivity index (χ1) is 8.43. The number of nitrogens with zero attached hydrogens (tertiary/aromatic N) is 2. The Bertz CT molecular complexity index is 493. The molecule has 0 radical (unpaired) electrons. The Hall–Kier alpha value is -1.83. The van der Waals surface area contributed by atoms with Crippen molar-refractivity contribution in [2.24, 2.45) is 0 Å². The van der Waals surface area contributed by atoms with Crippen LogP contribution in [0.2, 0.25) is 0 Å². The second-order valence-corrected chi connectivity index (χ2v) is 4.52. The van der Waals surface area contributed by atoms with Crippen LogP contribution in [-0.4, -0.2) is 11.5 Å². The Labute approximate surface area is 102 Å². The zero-order valence-corrected chi connectivity index (χ0v) is 9.84. The number of hydrogen-bond acceptors (Lipinski definition) is 2. The van der Waals surface area contributed by atoms with E-state index in [1.54, 1.807) is 0 Å². The van der Waals surface area contributed by atoms with Gasteiger partial charge >= 0.3 is 0 Å². The lowest BCUT2D eigenvalue weighted by Crippen LogP contribution is -2.28. The number of benzene rings is 1. The van der Waals surface area contributed by atoms with Gasteiger partial charge in [-0.1, -0.05) is 30.3 Å². The molecule has 0 unspecified atom stereocenters. The molecule has 0 aliphatic carbocycles. The number of aromatic nitrogens is 1. The zero-order chi connectivity index (χ0) is 11.5. The van der Waals surface area contributed by atoms with Crippen molar-refractivity contribution < 1.29 is 0 Å². The van der Waals surface area contributed by atoms with E-state index in [1.807, 2.05) is 12.4 Å². The molecule has 1 aromatic carbocycles. The highest BCUT2D eigenvalue weighted by molar-refractivity contribution is 5.54. The monoisotopic (exact) mass is 224 g/mol. The fourth-order valence-corrected chi connectivity index (χ4v) is 2.47. The van der Waals surface area contributed by atoms with Crippen LogP contribution in [0.3, 0.4) is 0 Å². The third kappa shape index (κ3) is 2.16. The highest BCUT2D eigenvalue weighted by Crippen LogP contribution is 2.27. The van der Waals surface area contributed by atoms with Crippen molar-refractivity contribution in [1.82, 2.24) is 4.98 Å². The Morgan fingerprint density at radius 2 is 2.00 bits per heavy atom. The van der Waals surface area contributed by atoms with Gasteiger partial charge in [0.15, 0.2) is 0 Å². The van der Waals surface area contributed by atoms with Crippen LogP contribution < -0.4 is 4.90 Å². The molecule has 0 bridgehead atoms. The van der Waals surface area contributed by atoms with Gasteiger partial charge in [-0.05, 0) is 30.0 Å². The molecule has 17 heavy (non-hydrogen) atoms. The first kappa shape index (κ1) is 10.3. The molecule has 1 aliphatic heterocycles. The van der Waals surface area contributed by atoms with Crippen molar-refractivity contribution in [3.8, 4) is 0 Å². The van der Waals surface area contributed by atoms with E-state index >= 15 is 0 Å². The Morgan fingerprint density at radius 1 is 1.12 bits per heavy atom. The van der Waals surface area contributed by atoms with E-state index in [4.69, 9.17) is 0 Å². The summed E-state index contributed by atoms with van der Waals surface area (Å²) < 4.78 is 0. The summed E-state index contributed by atoms with van der Waals surface area (Å²) in [5.74, 6) is 0. The summed E-state index contributed by atoms with van der Waals surface area (Å²) in [5.41, 5.74) is 4.11. The van der Waals surface area contributed by atoms with Crippen LogP contribution in [0.25, 0.3) is 0 Å². The van der Waals surface area contributed by atoms with Crippen LogP contribution in [0.1, 0.15) is 17.5 Å². The topological polar surface area (TPSA) is 16.1 Å². The summed E-state index contributed by atoms with van der Waals surface area (Å²) in [6, 6.07) is 12.8. The van der Waals surface area contributed by atoms with Gasteiger partial charge in [0.1, 0.15) is 0 Å². The van der Waals surface area contributed by atoms with Crippen LogP contribution >= 0.6 is 0 Å². The lowest BCUT2D eigenvalue weighted by Gasteiger charge is -2.31. The molecule has 2 nitrogen and oxygen atoms in total. The van der Waals surface area contributed by atoms with Crippen molar-refractivity contribution in [3.05, 3.63) is 59.9 Å². The summed E-state index contributed by atoms with van der Waals surface area (Å²) in [7, 11) is 0. The van der Waals surface area contributed by atoms with E-state index < -0.39 is 0 Å². The number of fused-ring (bicyclic) bond motifs is 1. The molecule has 0 amide bonds. The summed E-state index contributed by atoms with van der Waals surface area (Å²) in [6.07, 6.45) is 6.29. The smallest absolute Gasteiger partial charge is 0.0432 e. The van der Waals surface area contributed by atoms with E-state index in [-0.39, 0.29) is 0 Å². The van der Waals surface area contributed by atoms with Crippen molar-refractivity contribution in [3.63, 3.8) is 0 Å². The molecule has 2 aromatic rings. The lowest BCUT2D eigenvalue weighted by molar-refractivity contribution is 0.688. The molecule has 0 atom stereocenters. The van der Waals surface area contributed by atoms with E-state index in [0.29, 0.717) is 0 Å². The molecule has 1 aromatic heterocycles. The molecule has 86 valence electrons. The van der Waals surface area contributed by atoms with Gasteiger partial charge in [-0.2, -0.15) is 0 Å². The maximum atomic E-state index is 4.21. The predicted molar refractivity (Wildman–Crippen MR) is 70.1 cm³/mol. The van der Waals surface area contributed by atoms with Gasteiger partial charge in [-0.25, -0.2) is 0 Å². The van der Waals surface area contributed by atoms with Gasteiger partial charge in [-0.15, -0.1) is 0 Å². The van der Waals surface area contributed by atoms with Gasteiger partial charge in [0.25, 0.3) is 0 Å². The molecule has 3 rings (SSSR count). The Balaban J connectivity index is 1.86. The van der Waals surface area contributed by atoms with Gasteiger partial charge in [-0.3, -0.25) is 4.98 Å². The van der Waals surface area contributed by atoms with E-state index in [0.717, 1.165) is 19.5 Å². The van der Waals surface area contributed by atoms with Crippen LogP contribution in [0.15, 0.2) is 48.8 Å². The number of aryl methyl sites for hydroxylation is 1. The van der Waals surface area contributed by atoms with Crippen molar-refractivity contribution >= 4 is 5.69 Å². The molecular formula is C15H16N2. The maximum absolute atomic E-state index is 4.21. The number of pyridine rings is 1.